The zero-order valence-corrected chi connectivity index (χ0v) is 10.6. The molecule has 0 saturated carbocycles. The summed E-state index contributed by atoms with van der Waals surface area (Å²) in [5, 5.41) is 9.96. The van der Waals surface area contributed by atoms with Gasteiger partial charge < -0.3 is 5.11 Å². The van der Waals surface area contributed by atoms with E-state index in [-0.39, 0.29) is 11.3 Å². The first-order valence-electron chi connectivity index (χ1n) is 4.98. The molecule has 0 aliphatic carbocycles. The summed E-state index contributed by atoms with van der Waals surface area (Å²) in [7, 11) is 0. The lowest BCUT2D eigenvalue weighted by atomic mass is 9.98. The predicted molar refractivity (Wildman–Crippen MR) is 61.9 cm³/mol. The number of thiazole rings is 1. The van der Waals surface area contributed by atoms with Crippen LogP contribution in [0, 0.1) is 0 Å². The summed E-state index contributed by atoms with van der Waals surface area (Å²) in [6.45, 7) is 10.1. The standard InChI is InChI=1S/C11H17NO2S/c1-6(2)7-8(9(13)14)15-10(12-7)11(3,4)5/h6H,1-5H3,(H,13,14). The van der Waals surface area contributed by atoms with Crippen LogP contribution in [0.5, 0.6) is 0 Å². The molecule has 1 N–H and O–H groups in total. The molecule has 0 bridgehead atoms. The van der Waals surface area contributed by atoms with Crippen LogP contribution < -0.4 is 0 Å². The molecule has 0 spiro atoms. The molecule has 0 saturated heterocycles. The highest BCUT2D eigenvalue weighted by Gasteiger charge is 2.25. The molecule has 0 aliphatic heterocycles. The van der Waals surface area contributed by atoms with Crippen molar-refractivity contribution < 1.29 is 9.90 Å². The first-order valence-corrected chi connectivity index (χ1v) is 5.79. The Morgan fingerprint density at radius 1 is 1.40 bits per heavy atom. The van der Waals surface area contributed by atoms with E-state index < -0.39 is 5.97 Å². The average Bonchev–Trinajstić information content (AvgIpc) is 2.45. The van der Waals surface area contributed by atoms with Gasteiger partial charge in [0.05, 0.1) is 10.7 Å². The summed E-state index contributed by atoms with van der Waals surface area (Å²) < 4.78 is 0. The molecule has 1 rings (SSSR count). The third kappa shape index (κ3) is 2.56. The molecule has 84 valence electrons. The summed E-state index contributed by atoms with van der Waals surface area (Å²) in [4.78, 5) is 15.9. The first kappa shape index (κ1) is 12.2. The topological polar surface area (TPSA) is 50.2 Å². The molecule has 3 nitrogen and oxygen atoms in total. The summed E-state index contributed by atoms with van der Waals surface area (Å²) in [6.07, 6.45) is 0. The number of carboxylic acid groups (broad SMARTS) is 1. The van der Waals surface area contributed by atoms with E-state index in [1.165, 1.54) is 11.3 Å². The lowest BCUT2D eigenvalue weighted by Crippen LogP contribution is -2.10. The molecular weight excluding hydrogens is 210 g/mol. The molecule has 0 aliphatic rings. The number of nitrogens with zero attached hydrogens (tertiary/aromatic N) is 1. The van der Waals surface area contributed by atoms with Crippen LogP contribution in [0.3, 0.4) is 0 Å². The number of aromatic carboxylic acids is 1. The quantitative estimate of drug-likeness (QED) is 0.843. The fourth-order valence-corrected chi connectivity index (χ4v) is 2.31. The Morgan fingerprint density at radius 3 is 2.20 bits per heavy atom. The molecule has 0 amide bonds. The number of hydrogen-bond acceptors (Lipinski definition) is 3. The van der Waals surface area contributed by atoms with E-state index in [4.69, 9.17) is 5.11 Å². The molecule has 4 heteroatoms. The molecule has 1 aromatic heterocycles. The number of aromatic nitrogens is 1. The second-order valence-electron chi connectivity index (χ2n) is 4.94. The Balaban J connectivity index is 3.28. The summed E-state index contributed by atoms with van der Waals surface area (Å²) in [5.41, 5.74) is 0.625. The molecule has 0 atom stereocenters. The number of rotatable bonds is 2. The first-order chi connectivity index (χ1) is 6.73. The van der Waals surface area contributed by atoms with Crippen LogP contribution in [0.2, 0.25) is 0 Å². The predicted octanol–water partition coefficient (Wildman–Crippen LogP) is 3.26. The minimum Gasteiger partial charge on any atom is -0.477 e. The van der Waals surface area contributed by atoms with Crippen molar-refractivity contribution in [1.29, 1.82) is 0 Å². The van der Waals surface area contributed by atoms with Crippen molar-refractivity contribution in [2.45, 2.75) is 46.0 Å². The normalized spacial score (nSPS) is 12.1. The van der Waals surface area contributed by atoms with Gasteiger partial charge in [0.1, 0.15) is 4.88 Å². The van der Waals surface area contributed by atoms with Crippen LogP contribution in [0.1, 0.15) is 60.9 Å². The maximum absolute atomic E-state index is 11.0. The number of carbonyl (C=O) groups is 1. The van der Waals surface area contributed by atoms with Crippen molar-refractivity contribution in [1.82, 2.24) is 4.98 Å². The average molecular weight is 227 g/mol. The Morgan fingerprint density at radius 2 is 1.93 bits per heavy atom. The van der Waals surface area contributed by atoms with E-state index in [9.17, 15) is 4.79 Å². The Kier molecular flexibility index (Phi) is 3.19. The van der Waals surface area contributed by atoms with Crippen LogP contribution >= 0.6 is 11.3 Å². The van der Waals surface area contributed by atoms with Crippen molar-refractivity contribution in [3.05, 3.63) is 15.6 Å². The Hall–Kier alpha value is -0.900. The van der Waals surface area contributed by atoms with Gasteiger partial charge in [-0.2, -0.15) is 0 Å². The zero-order valence-electron chi connectivity index (χ0n) is 9.79. The van der Waals surface area contributed by atoms with Gasteiger partial charge in [-0.25, -0.2) is 9.78 Å². The minimum absolute atomic E-state index is 0.0813. The van der Waals surface area contributed by atoms with Crippen molar-refractivity contribution in [3.8, 4) is 0 Å². The fourth-order valence-electron chi connectivity index (χ4n) is 1.20. The Labute approximate surface area is 94.2 Å². The highest BCUT2D eigenvalue weighted by Crippen LogP contribution is 2.32. The van der Waals surface area contributed by atoms with Crippen LogP contribution in [0.25, 0.3) is 0 Å². The second kappa shape index (κ2) is 3.93. The van der Waals surface area contributed by atoms with Gasteiger partial charge in [-0.1, -0.05) is 34.6 Å². The van der Waals surface area contributed by atoms with E-state index in [1.807, 2.05) is 34.6 Å². The minimum atomic E-state index is -0.869. The van der Waals surface area contributed by atoms with Crippen molar-refractivity contribution >= 4 is 17.3 Å². The fraction of sp³-hybridized carbons (Fsp3) is 0.636. The second-order valence-corrected chi connectivity index (χ2v) is 5.94. The zero-order chi connectivity index (χ0) is 11.8. The maximum atomic E-state index is 11.0. The molecule has 0 unspecified atom stereocenters. The number of carboxylic acids is 1. The van der Waals surface area contributed by atoms with E-state index in [0.29, 0.717) is 10.6 Å². The van der Waals surface area contributed by atoms with E-state index in [1.54, 1.807) is 0 Å². The smallest absolute Gasteiger partial charge is 0.347 e. The third-order valence-electron chi connectivity index (χ3n) is 2.04. The maximum Gasteiger partial charge on any atom is 0.347 e. The van der Waals surface area contributed by atoms with E-state index in [2.05, 4.69) is 4.98 Å². The monoisotopic (exact) mass is 227 g/mol. The van der Waals surface area contributed by atoms with Crippen LogP contribution in [-0.2, 0) is 5.41 Å². The van der Waals surface area contributed by atoms with Gasteiger partial charge in [0.25, 0.3) is 0 Å². The lowest BCUT2D eigenvalue weighted by molar-refractivity contribution is 0.0700. The molecule has 1 heterocycles. The van der Waals surface area contributed by atoms with Gasteiger partial charge in [0.15, 0.2) is 0 Å². The third-order valence-corrected chi connectivity index (χ3v) is 3.52. The molecule has 15 heavy (non-hydrogen) atoms. The van der Waals surface area contributed by atoms with Gasteiger partial charge in [-0.15, -0.1) is 11.3 Å². The lowest BCUT2D eigenvalue weighted by Gasteiger charge is -2.13. The molecular formula is C11H17NO2S. The highest BCUT2D eigenvalue weighted by molar-refractivity contribution is 7.13. The van der Waals surface area contributed by atoms with Gasteiger partial charge in [-0.05, 0) is 5.92 Å². The largest absolute Gasteiger partial charge is 0.477 e. The van der Waals surface area contributed by atoms with Crippen LogP contribution in [-0.4, -0.2) is 16.1 Å². The van der Waals surface area contributed by atoms with Gasteiger partial charge in [-0.3, -0.25) is 0 Å². The SMILES string of the molecule is CC(C)c1nc(C(C)(C)C)sc1C(=O)O. The van der Waals surface area contributed by atoms with E-state index >= 15 is 0 Å². The molecule has 0 fully saturated rings. The summed E-state index contributed by atoms with van der Waals surface area (Å²) >= 11 is 1.29. The summed E-state index contributed by atoms with van der Waals surface area (Å²) in [5.74, 6) is -0.713. The van der Waals surface area contributed by atoms with Crippen LogP contribution in [0.15, 0.2) is 0 Å². The van der Waals surface area contributed by atoms with Crippen molar-refractivity contribution in [2.75, 3.05) is 0 Å². The van der Waals surface area contributed by atoms with Gasteiger partial charge in [0, 0.05) is 5.41 Å². The number of hydrogen-bond donors (Lipinski definition) is 1. The van der Waals surface area contributed by atoms with E-state index in [0.717, 1.165) is 5.01 Å². The summed E-state index contributed by atoms with van der Waals surface area (Å²) in [6, 6.07) is 0. The molecule has 0 aromatic carbocycles. The van der Waals surface area contributed by atoms with Gasteiger partial charge in [0.2, 0.25) is 0 Å². The Bertz CT molecular complexity index is 374. The van der Waals surface area contributed by atoms with Crippen molar-refractivity contribution in [2.24, 2.45) is 0 Å². The highest BCUT2D eigenvalue weighted by atomic mass is 32.1. The van der Waals surface area contributed by atoms with Gasteiger partial charge >= 0.3 is 5.97 Å². The molecule has 0 radical (unpaired) electrons. The molecule has 1 aromatic rings. The van der Waals surface area contributed by atoms with Crippen LogP contribution in [0.4, 0.5) is 0 Å². The van der Waals surface area contributed by atoms with Crippen molar-refractivity contribution in [3.63, 3.8) is 0 Å².